The fourth-order valence-corrected chi connectivity index (χ4v) is 3.70. The quantitative estimate of drug-likeness (QED) is 0.159. The fourth-order valence-electron chi connectivity index (χ4n) is 3.70. The van der Waals surface area contributed by atoms with Gasteiger partial charge in [0.15, 0.2) is 0 Å². The van der Waals surface area contributed by atoms with Gasteiger partial charge in [0.2, 0.25) is 0 Å². The van der Waals surface area contributed by atoms with Gasteiger partial charge < -0.3 is 9.47 Å². The third-order valence-corrected chi connectivity index (χ3v) is 5.67. The standard InChI is InChI=1S/C25H45N3O4/c1-3-5-7-13-17-23(32-25(30)28-22-26-21-27-28)18-14-11-9-10-12-15-19-24(29)31-20-16-8-6-4-2/h21-23H,3-20H2,1-2H3. The van der Waals surface area contributed by atoms with Crippen LogP contribution in [-0.4, -0.2) is 39.5 Å². The second-order valence-corrected chi connectivity index (χ2v) is 8.64. The molecule has 0 aliphatic heterocycles. The largest absolute Gasteiger partial charge is 0.466 e. The van der Waals surface area contributed by atoms with E-state index in [1.165, 1.54) is 44.8 Å². The summed E-state index contributed by atoms with van der Waals surface area (Å²) in [7, 11) is 0. The van der Waals surface area contributed by atoms with E-state index >= 15 is 0 Å². The van der Waals surface area contributed by atoms with Crippen molar-refractivity contribution in [3.8, 4) is 0 Å². The van der Waals surface area contributed by atoms with Gasteiger partial charge in [-0.05, 0) is 38.5 Å². The molecule has 0 aliphatic carbocycles. The van der Waals surface area contributed by atoms with Crippen molar-refractivity contribution < 1.29 is 19.1 Å². The van der Waals surface area contributed by atoms with Crippen LogP contribution in [0, 0.1) is 0 Å². The number of ether oxygens (including phenoxy) is 2. The molecule has 0 spiro atoms. The van der Waals surface area contributed by atoms with Crippen LogP contribution in [0.2, 0.25) is 0 Å². The first kappa shape index (κ1) is 28.1. The Morgan fingerprint density at radius 3 is 2.03 bits per heavy atom. The van der Waals surface area contributed by atoms with E-state index in [9.17, 15) is 9.59 Å². The van der Waals surface area contributed by atoms with Crippen LogP contribution in [0.15, 0.2) is 12.7 Å². The van der Waals surface area contributed by atoms with Crippen molar-refractivity contribution in [1.29, 1.82) is 0 Å². The Kier molecular flexibility index (Phi) is 17.3. The summed E-state index contributed by atoms with van der Waals surface area (Å²) < 4.78 is 12.1. The lowest BCUT2D eigenvalue weighted by Gasteiger charge is -2.17. The topological polar surface area (TPSA) is 83.3 Å². The minimum absolute atomic E-state index is 0.0541. The summed E-state index contributed by atoms with van der Waals surface area (Å²) in [6.07, 6.45) is 20.1. The van der Waals surface area contributed by atoms with Gasteiger partial charge in [-0.2, -0.15) is 4.68 Å². The molecular formula is C25H45N3O4. The number of esters is 1. The van der Waals surface area contributed by atoms with Gasteiger partial charge in [-0.1, -0.05) is 78.1 Å². The molecule has 1 unspecified atom stereocenters. The van der Waals surface area contributed by atoms with E-state index < -0.39 is 6.09 Å². The second kappa shape index (κ2) is 19.7. The Morgan fingerprint density at radius 2 is 1.41 bits per heavy atom. The highest BCUT2D eigenvalue weighted by molar-refractivity contribution is 5.69. The SMILES string of the molecule is CCCCCCOC(=O)CCCCCCCCC(CCCCCC)OC(=O)n1cncn1. The summed E-state index contributed by atoms with van der Waals surface area (Å²) in [6.45, 7) is 4.94. The molecule has 1 heterocycles. The Hall–Kier alpha value is -1.92. The lowest BCUT2D eigenvalue weighted by molar-refractivity contribution is -0.143. The lowest BCUT2D eigenvalue weighted by Crippen LogP contribution is -2.23. The maximum absolute atomic E-state index is 12.2. The monoisotopic (exact) mass is 451 g/mol. The molecule has 0 saturated heterocycles. The third-order valence-electron chi connectivity index (χ3n) is 5.67. The van der Waals surface area contributed by atoms with E-state index in [2.05, 4.69) is 23.9 Å². The van der Waals surface area contributed by atoms with E-state index in [1.54, 1.807) is 0 Å². The van der Waals surface area contributed by atoms with E-state index in [-0.39, 0.29) is 12.1 Å². The minimum Gasteiger partial charge on any atom is -0.466 e. The van der Waals surface area contributed by atoms with Gasteiger partial charge in [0.1, 0.15) is 18.8 Å². The van der Waals surface area contributed by atoms with Crippen molar-refractivity contribution in [3.63, 3.8) is 0 Å². The number of rotatable bonds is 20. The maximum atomic E-state index is 12.2. The summed E-state index contributed by atoms with van der Waals surface area (Å²) in [5.74, 6) is -0.0541. The third kappa shape index (κ3) is 15.0. The average Bonchev–Trinajstić information content (AvgIpc) is 3.33. The zero-order valence-electron chi connectivity index (χ0n) is 20.4. The smallest absolute Gasteiger partial charge is 0.436 e. The highest BCUT2D eigenvalue weighted by Crippen LogP contribution is 2.17. The van der Waals surface area contributed by atoms with Crippen molar-refractivity contribution in [2.45, 2.75) is 129 Å². The van der Waals surface area contributed by atoms with Crippen LogP contribution in [0.1, 0.15) is 123 Å². The van der Waals surface area contributed by atoms with E-state index in [4.69, 9.17) is 9.47 Å². The van der Waals surface area contributed by atoms with Crippen molar-refractivity contribution in [3.05, 3.63) is 12.7 Å². The Balaban J connectivity index is 2.10. The van der Waals surface area contributed by atoms with Gasteiger partial charge in [0.25, 0.3) is 0 Å². The normalized spacial score (nSPS) is 11.9. The molecule has 0 aromatic carbocycles. The zero-order chi connectivity index (χ0) is 23.3. The average molecular weight is 452 g/mol. The molecule has 7 heteroatoms. The highest BCUT2D eigenvalue weighted by atomic mass is 16.6. The van der Waals surface area contributed by atoms with Crippen LogP contribution in [-0.2, 0) is 14.3 Å². The van der Waals surface area contributed by atoms with E-state index in [0.717, 1.165) is 75.3 Å². The van der Waals surface area contributed by atoms with E-state index in [0.29, 0.717) is 13.0 Å². The number of unbranched alkanes of at least 4 members (excludes halogenated alkanes) is 11. The van der Waals surface area contributed by atoms with Gasteiger partial charge in [-0.25, -0.2) is 9.78 Å². The molecule has 32 heavy (non-hydrogen) atoms. The van der Waals surface area contributed by atoms with Gasteiger partial charge in [0, 0.05) is 6.42 Å². The maximum Gasteiger partial charge on any atom is 0.436 e. The first-order valence-electron chi connectivity index (χ1n) is 12.9. The first-order chi connectivity index (χ1) is 15.7. The molecule has 1 aromatic rings. The highest BCUT2D eigenvalue weighted by Gasteiger charge is 2.16. The Morgan fingerprint density at radius 1 is 0.812 bits per heavy atom. The molecule has 1 atom stereocenters. The number of nitrogens with zero attached hydrogens (tertiary/aromatic N) is 3. The van der Waals surface area contributed by atoms with Gasteiger partial charge in [0.05, 0.1) is 6.61 Å². The van der Waals surface area contributed by atoms with Crippen LogP contribution in [0.25, 0.3) is 0 Å². The van der Waals surface area contributed by atoms with Crippen molar-refractivity contribution >= 4 is 12.1 Å². The number of aromatic nitrogens is 3. The summed E-state index contributed by atoms with van der Waals surface area (Å²) in [5, 5.41) is 3.86. The molecule has 7 nitrogen and oxygen atoms in total. The molecule has 0 bridgehead atoms. The number of carbonyl (C=O) groups excluding carboxylic acids is 2. The Labute approximate surface area is 194 Å². The minimum atomic E-state index is -0.444. The fraction of sp³-hybridized carbons (Fsp3) is 0.840. The van der Waals surface area contributed by atoms with Crippen molar-refractivity contribution in [2.75, 3.05) is 6.61 Å². The molecule has 184 valence electrons. The number of hydrogen-bond donors (Lipinski definition) is 0. The van der Waals surface area contributed by atoms with Crippen LogP contribution in [0.5, 0.6) is 0 Å². The molecule has 0 radical (unpaired) electrons. The first-order valence-corrected chi connectivity index (χ1v) is 12.9. The van der Waals surface area contributed by atoms with Crippen LogP contribution >= 0.6 is 0 Å². The van der Waals surface area contributed by atoms with Crippen molar-refractivity contribution in [2.24, 2.45) is 0 Å². The molecule has 0 aliphatic rings. The molecule has 1 aromatic heterocycles. The number of hydrogen-bond acceptors (Lipinski definition) is 6. The van der Waals surface area contributed by atoms with Gasteiger partial charge in [-0.3, -0.25) is 4.79 Å². The van der Waals surface area contributed by atoms with Crippen LogP contribution < -0.4 is 0 Å². The summed E-state index contributed by atoms with van der Waals surface area (Å²) in [4.78, 5) is 27.7. The van der Waals surface area contributed by atoms with Gasteiger partial charge in [-0.15, -0.1) is 5.10 Å². The predicted octanol–water partition coefficient (Wildman–Crippen LogP) is 6.85. The summed E-state index contributed by atoms with van der Waals surface area (Å²) in [5.41, 5.74) is 0. The second-order valence-electron chi connectivity index (χ2n) is 8.64. The predicted molar refractivity (Wildman–Crippen MR) is 126 cm³/mol. The number of carbonyl (C=O) groups is 2. The summed E-state index contributed by atoms with van der Waals surface area (Å²) in [6, 6.07) is 0. The summed E-state index contributed by atoms with van der Waals surface area (Å²) >= 11 is 0. The zero-order valence-corrected chi connectivity index (χ0v) is 20.4. The molecule has 0 saturated carbocycles. The molecule has 1 rings (SSSR count). The van der Waals surface area contributed by atoms with Gasteiger partial charge >= 0.3 is 12.1 Å². The van der Waals surface area contributed by atoms with Crippen LogP contribution in [0.3, 0.4) is 0 Å². The van der Waals surface area contributed by atoms with E-state index in [1.807, 2.05) is 0 Å². The molecule has 0 fully saturated rings. The Bertz CT molecular complexity index is 578. The lowest BCUT2D eigenvalue weighted by atomic mass is 10.0. The van der Waals surface area contributed by atoms with Crippen LogP contribution in [0.4, 0.5) is 4.79 Å². The molecule has 0 amide bonds. The molecular weight excluding hydrogens is 406 g/mol. The molecule has 0 N–H and O–H groups in total. The van der Waals surface area contributed by atoms with Crippen molar-refractivity contribution in [1.82, 2.24) is 14.8 Å².